The minimum absolute atomic E-state index is 0.0246. The molecule has 7 heteroatoms. The number of nitrogens with zero attached hydrogens (tertiary/aromatic N) is 3. The van der Waals surface area contributed by atoms with Crippen molar-refractivity contribution in [3.8, 4) is 22.8 Å². The molecule has 0 fully saturated rings. The monoisotopic (exact) mass is 294 g/mol. The fourth-order valence-electron chi connectivity index (χ4n) is 1.98. The third-order valence-electron chi connectivity index (χ3n) is 3.03. The molecule has 0 spiro atoms. The molecule has 0 unspecified atom stereocenters. The highest BCUT2D eigenvalue weighted by molar-refractivity contribution is 5.61. The molecule has 22 heavy (non-hydrogen) atoms. The van der Waals surface area contributed by atoms with Gasteiger partial charge in [0.1, 0.15) is 5.82 Å². The van der Waals surface area contributed by atoms with E-state index in [1.807, 2.05) is 18.2 Å². The van der Waals surface area contributed by atoms with Crippen LogP contribution in [-0.4, -0.2) is 19.9 Å². The Labute approximate surface area is 124 Å². The third-order valence-corrected chi connectivity index (χ3v) is 3.03. The lowest BCUT2D eigenvalue weighted by molar-refractivity contribution is -0.384. The van der Waals surface area contributed by atoms with Crippen molar-refractivity contribution < 1.29 is 4.92 Å². The van der Waals surface area contributed by atoms with Gasteiger partial charge in [0.2, 0.25) is 0 Å². The molecule has 7 nitrogen and oxygen atoms in total. The van der Waals surface area contributed by atoms with Crippen molar-refractivity contribution in [2.75, 3.05) is 0 Å². The summed E-state index contributed by atoms with van der Waals surface area (Å²) in [6.45, 7) is 0. The molecule has 1 heterocycles. The fourth-order valence-corrected chi connectivity index (χ4v) is 1.98. The van der Waals surface area contributed by atoms with Gasteiger partial charge in [-0.3, -0.25) is 15.1 Å². The summed E-state index contributed by atoms with van der Waals surface area (Å²) in [5.41, 5.74) is 0.740. The Hall–Kier alpha value is -3.35. The molecule has 0 saturated heterocycles. The number of nitrogens with one attached hydrogen (secondary N) is 1. The molecular weight excluding hydrogens is 284 g/mol. The summed E-state index contributed by atoms with van der Waals surface area (Å²) in [6.07, 6.45) is 0. The van der Waals surface area contributed by atoms with E-state index in [0.717, 1.165) is 5.56 Å². The van der Waals surface area contributed by atoms with Crippen molar-refractivity contribution in [1.82, 2.24) is 15.0 Å². The second-order valence-electron chi connectivity index (χ2n) is 4.50. The minimum atomic E-state index is -0.526. The maximum Gasteiger partial charge on any atom is 0.348 e. The number of aromatic nitrogens is 3. The van der Waals surface area contributed by atoms with Crippen LogP contribution >= 0.6 is 0 Å². The summed E-state index contributed by atoms with van der Waals surface area (Å²) in [7, 11) is 0. The molecule has 0 aliphatic carbocycles. The molecule has 2 aromatic carbocycles. The van der Waals surface area contributed by atoms with E-state index in [2.05, 4.69) is 15.0 Å². The van der Waals surface area contributed by atoms with Gasteiger partial charge < -0.3 is 0 Å². The van der Waals surface area contributed by atoms with E-state index in [4.69, 9.17) is 0 Å². The Balaban J connectivity index is 2.06. The van der Waals surface area contributed by atoms with Crippen LogP contribution in [-0.2, 0) is 0 Å². The first-order valence-corrected chi connectivity index (χ1v) is 6.42. The van der Waals surface area contributed by atoms with Gasteiger partial charge in [-0.15, -0.1) is 0 Å². The van der Waals surface area contributed by atoms with E-state index in [-0.39, 0.29) is 5.69 Å². The number of aromatic amines is 1. The van der Waals surface area contributed by atoms with Crippen LogP contribution < -0.4 is 5.69 Å². The molecule has 0 saturated carbocycles. The summed E-state index contributed by atoms with van der Waals surface area (Å²) in [4.78, 5) is 32.6. The first-order chi connectivity index (χ1) is 10.6. The highest BCUT2D eigenvalue weighted by Gasteiger charge is 2.09. The minimum Gasteiger partial charge on any atom is -0.290 e. The van der Waals surface area contributed by atoms with Crippen LogP contribution in [0, 0.1) is 10.1 Å². The molecule has 0 aliphatic heterocycles. The number of benzene rings is 2. The van der Waals surface area contributed by atoms with Crippen LogP contribution in [0.2, 0.25) is 0 Å². The van der Waals surface area contributed by atoms with Crippen molar-refractivity contribution in [1.29, 1.82) is 0 Å². The summed E-state index contributed by atoms with van der Waals surface area (Å²) < 4.78 is 0. The van der Waals surface area contributed by atoms with Gasteiger partial charge in [0.25, 0.3) is 5.69 Å². The predicted octanol–water partition coefficient (Wildman–Crippen LogP) is 2.41. The molecule has 1 N–H and O–H groups in total. The zero-order valence-electron chi connectivity index (χ0n) is 11.3. The van der Waals surface area contributed by atoms with Crippen LogP contribution in [0.1, 0.15) is 0 Å². The van der Waals surface area contributed by atoms with E-state index in [1.54, 1.807) is 12.1 Å². The third kappa shape index (κ3) is 2.73. The van der Waals surface area contributed by atoms with E-state index < -0.39 is 10.6 Å². The second-order valence-corrected chi connectivity index (χ2v) is 4.50. The number of rotatable bonds is 3. The molecule has 0 aliphatic rings. The second kappa shape index (κ2) is 5.57. The standard InChI is InChI=1S/C15H10N4O3/c20-15-17-13(10-4-2-1-3-5-10)16-14(18-15)11-6-8-12(9-7-11)19(21)22/h1-9H,(H,16,17,18,20). The van der Waals surface area contributed by atoms with E-state index in [1.165, 1.54) is 24.3 Å². The predicted molar refractivity (Wildman–Crippen MR) is 80.2 cm³/mol. The van der Waals surface area contributed by atoms with Crippen LogP contribution in [0.5, 0.6) is 0 Å². The Bertz CT molecular complexity index is 873. The number of hydrogen-bond donors (Lipinski definition) is 1. The Morgan fingerprint density at radius 2 is 1.59 bits per heavy atom. The van der Waals surface area contributed by atoms with Crippen LogP contribution in [0.3, 0.4) is 0 Å². The van der Waals surface area contributed by atoms with Gasteiger partial charge in [-0.05, 0) is 12.1 Å². The molecule has 0 radical (unpaired) electrons. The van der Waals surface area contributed by atoms with Gasteiger partial charge in [0.05, 0.1) is 4.92 Å². The zero-order valence-corrected chi connectivity index (χ0v) is 11.3. The van der Waals surface area contributed by atoms with E-state index in [0.29, 0.717) is 17.2 Å². The fraction of sp³-hybridized carbons (Fsp3) is 0. The average Bonchev–Trinajstić information content (AvgIpc) is 2.55. The highest BCUT2D eigenvalue weighted by atomic mass is 16.6. The van der Waals surface area contributed by atoms with Crippen molar-refractivity contribution in [2.45, 2.75) is 0 Å². The Morgan fingerprint density at radius 1 is 0.909 bits per heavy atom. The van der Waals surface area contributed by atoms with Gasteiger partial charge in [0, 0.05) is 23.3 Å². The lowest BCUT2D eigenvalue weighted by atomic mass is 10.2. The van der Waals surface area contributed by atoms with Crippen molar-refractivity contribution in [3.63, 3.8) is 0 Å². The van der Waals surface area contributed by atoms with Crippen molar-refractivity contribution in [3.05, 3.63) is 75.2 Å². The number of nitro groups is 1. The first-order valence-electron chi connectivity index (χ1n) is 6.42. The smallest absolute Gasteiger partial charge is 0.290 e. The quantitative estimate of drug-likeness (QED) is 0.590. The Kier molecular flexibility index (Phi) is 3.45. The molecular formula is C15H10N4O3. The molecule has 1 aromatic heterocycles. The largest absolute Gasteiger partial charge is 0.348 e. The molecule has 108 valence electrons. The topological polar surface area (TPSA) is 102 Å². The van der Waals surface area contributed by atoms with Crippen LogP contribution in [0.4, 0.5) is 5.69 Å². The lowest BCUT2D eigenvalue weighted by Gasteiger charge is -2.03. The van der Waals surface area contributed by atoms with Gasteiger partial charge in [-0.25, -0.2) is 9.78 Å². The van der Waals surface area contributed by atoms with Gasteiger partial charge in [0.15, 0.2) is 5.82 Å². The maximum atomic E-state index is 11.7. The van der Waals surface area contributed by atoms with Crippen LogP contribution in [0.25, 0.3) is 22.8 Å². The molecule has 0 amide bonds. The lowest BCUT2D eigenvalue weighted by Crippen LogP contribution is -2.14. The maximum absolute atomic E-state index is 11.7. The highest BCUT2D eigenvalue weighted by Crippen LogP contribution is 2.20. The summed E-state index contributed by atoms with van der Waals surface area (Å²) in [6, 6.07) is 14.9. The molecule has 3 aromatic rings. The van der Waals surface area contributed by atoms with Gasteiger partial charge in [-0.2, -0.15) is 4.98 Å². The molecule has 0 bridgehead atoms. The summed E-state index contributed by atoms with van der Waals surface area (Å²) in [5.74, 6) is 0.617. The number of non-ortho nitro benzene ring substituents is 1. The number of hydrogen-bond acceptors (Lipinski definition) is 5. The van der Waals surface area contributed by atoms with Crippen molar-refractivity contribution in [2.24, 2.45) is 0 Å². The van der Waals surface area contributed by atoms with Crippen LogP contribution in [0.15, 0.2) is 59.4 Å². The van der Waals surface area contributed by atoms with Gasteiger partial charge in [-0.1, -0.05) is 30.3 Å². The SMILES string of the molecule is O=c1nc(-c2ccccc2)nc(-c2ccc([N+](=O)[O-])cc2)[nH]1. The number of nitro benzene ring substituents is 1. The van der Waals surface area contributed by atoms with E-state index >= 15 is 0 Å². The first kappa shape index (κ1) is 13.6. The number of H-pyrrole nitrogens is 1. The normalized spacial score (nSPS) is 10.4. The summed E-state index contributed by atoms with van der Waals surface area (Å²) in [5, 5.41) is 10.7. The van der Waals surface area contributed by atoms with E-state index in [9.17, 15) is 14.9 Å². The van der Waals surface area contributed by atoms with Crippen molar-refractivity contribution >= 4 is 5.69 Å². The molecule has 3 rings (SSSR count). The zero-order chi connectivity index (χ0) is 15.5. The van der Waals surface area contributed by atoms with Gasteiger partial charge >= 0.3 is 5.69 Å². The Morgan fingerprint density at radius 3 is 2.23 bits per heavy atom. The molecule has 0 atom stereocenters. The summed E-state index contributed by atoms with van der Waals surface area (Å²) >= 11 is 0. The average molecular weight is 294 g/mol.